The van der Waals surface area contributed by atoms with Crippen molar-refractivity contribution in [2.75, 3.05) is 20.2 Å². The summed E-state index contributed by atoms with van der Waals surface area (Å²) in [6.45, 7) is 2.20. The van der Waals surface area contributed by atoms with E-state index in [9.17, 15) is 24.8 Å². The summed E-state index contributed by atoms with van der Waals surface area (Å²) in [6.07, 6.45) is -0.0108. The zero-order valence-corrected chi connectivity index (χ0v) is 16.9. The molecule has 2 aromatic carbocycles. The van der Waals surface area contributed by atoms with E-state index in [1.165, 1.54) is 31.4 Å². The molecule has 0 spiro atoms. The van der Waals surface area contributed by atoms with E-state index in [1.807, 2.05) is 24.3 Å². The molecule has 30 heavy (non-hydrogen) atoms. The third-order valence-corrected chi connectivity index (χ3v) is 5.93. The number of nitrogens with zero attached hydrogens (tertiary/aromatic N) is 2. The number of amides is 1. The molecule has 1 amide bonds. The molecule has 0 saturated carbocycles. The molecule has 0 aromatic heterocycles. The first-order valence-corrected chi connectivity index (χ1v) is 9.81. The lowest BCUT2D eigenvalue weighted by Gasteiger charge is -2.45. The maximum Gasteiger partial charge on any atom is 0.314 e. The largest absolute Gasteiger partial charge is 0.498 e. The van der Waals surface area contributed by atoms with E-state index in [4.69, 9.17) is 4.74 Å². The van der Waals surface area contributed by atoms with Gasteiger partial charge in [0.15, 0.2) is 0 Å². The third-order valence-electron chi connectivity index (χ3n) is 5.93. The van der Waals surface area contributed by atoms with Gasteiger partial charge in [0.1, 0.15) is 18.2 Å². The number of esters is 1. The molecular formula is C22H24N2O6. The van der Waals surface area contributed by atoms with Crippen LogP contribution in [0, 0.1) is 16.0 Å². The van der Waals surface area contributed by atoms with Gasteiger partial charge < -0.3 is 14.6 Å². The van der Waals surface area contributed by atoms with Crippen molar-refractivity contribution in [3.8, 4) is 0 Å². The van der Waals surface area contributed by atoms with Crippen LogP contribution >= 0.6 is 0 Å². The van der Waals surface area contributed by atoms with Crippen LogP contribution in [-0.2, 0) is 16.0 Å². The molecule has 1 heterocycles. The number of ether oxygens (including phenoxy) is 1. The number of methoxy groups -OCH3 is 1. The Morgan fingerprint density at radius 2 is 1.73 bits per heavy atom. The Kier molecular flexibility index (Phi) is 6.17. The number of hydrogen-bond donors (Lipinski definition) is 0. The topological polar surface area (TPSA) is 110 Å². The van der Waals surface area contributed by atoms with Crippen LogP contribution in [0.3, 0.4) is 0 Å². The predicted molar refractivity (Wildman–Crippen MR) is 109 cm³/mol. The molecule has 0 aliphatic carbocycles. The molecule has 8 heteroatoms. The predicted octanol–water partition coefficient (Wildman–Crippen LogP) is 2.78. The van der Waals surface area contributed by atoms with Gasteiger partial charge in [0, 0.05) is 30.2 Å². The van der Waals surface area contributed by atoms with Crippen molar-refractivity contribution >= 4 is 23.4 Å². The Bertz CT molecular complexity index is 941. The minimum Gasteiger partial charge on any atom is -0.498 e. The highest BCUT2D eigenvalue weighted by atomic mass is 16.6. The van der Waals surface area contributed by atoms with E-state index in [1.54, 1.807) is 0 Å². The summed E-state index contributed by atoms with van der Waals surface area (Å²) < 4.78 is 4.32. The average molecular weight is 412 g/mol. The Hall–Kier alpha value is -3.26. The molecule has 0 bridgehead atoms. The van der Waals surface area contributed by atoms with Gasteiger partial charge in [-0.25, -0.2) is 4.48 Å². The van der Waals surface area contributed by atoms with E-state index >= 15 is 0 Å². The molecule has 158 valence electrons. The van der Waals surface area contributed by atoms with Crippen LogP contribution in [0.4, 0.5) is 16.2 Å². The molecule has 1 aliphatic heterocycles. The number of carbonyl (C=O) groups is 2. The molecule has 2 aromatic rings. The number of carbonyl (C=O) groups excluding carboxylic acids is 2. The highest BCUT2D eigenvalue weighted by molar-refractivity contribution is 5.82. The van der Waals surface area contributed by atoms with Crippen molar-refractivity contribution in [1.82, 2.24) is 4.48 Å². The van der Waals surface area contributed by atoms with Gasteiger partial charge in [0.25, 0.3) is 11.8 Å². The molecule has 3 atom stereocenters. The van der Waals surface area contributed by atoms with Crippen LogP contribution in [0.5, 0.6) is 0 Å². The first-order valence-electron chi connectivity index (χ1n) is 9.81. The standard InChI is InChI=1S/C22H24N2O6/c1-3-15-4-6-16(7-5-15)17-12-18(21(25)30-2)14-24(13-17,22(26)27)20-10-8-19(9-11-20)23(28)29/h4-11,17-18H,3,12-14H2,1-2H3. The maximum atomic E-state index is 12.4. The number of hydrogen-bond acceptors (Lipinski definition) is 6. The molecular weight excluding hydrogens is 388 g/mol. The molecule has 8 nitrogen and oxygen atoms in total. The zero-order chi connectivity index (χ0) is 21.9. The van der Waals surface area contributed by atoms with E-state index in [2.05, 4.69) is 6.92 Å². The van der Waals surface area contributed by atoms with Crippen molar-refractivity contribution in [3.63, 3.8) is 0 Å². The second-order valence-electron chi connectivity index (χ2n) is 7.62. The fourth-order valence-electron chi connectivity index (χ4n) is 4.25. The highest BCUT2D eigenvalue weighted by Gasteiger charge is 2.47. The van der Waals surface area contributed by atoms with E-state index in [0.717, 1.165) is 17.5 Å². The van der Waals surface area contributed by atoms with Gasteiger partial charge in [-0.05, 0) is 24.0 Å². The fraction of sp³-hybridized carbons (Fsp3) is 0.364. The summed E-state index contributed by atoms with van der Waals surface area (Å²) in [4.78, 5) is 35.2. The number of nitro groups is 1. The van der Waals surface area contributed by atoms with Crippen LogP contribution in [0.15, 0.2) is 48.5 Å². The number of carboxylic acid groups (broad SMARTS) is 1. The number of benzene rings is 2. The second-order valence-corrected chi connectivity index (χ2v) is 7.62. The monoisotopic (exact) mass is 412 g/mol. The number of rotatable bonds is 5. The third kappa shape index (κ3) is 4.04. The molecule has 1 fully saturated rings. The molecule has 0 N–H and O–H groups in total. The van der Waals surface area contributed by atoms with Gasteiger partial charge in [0.2, 0.25) is 0 Å². The summed E-state index contributed by atoms with van der Waals surface area (Å²) in [5, 5.41) is 23.4. The lowest BCUT2D eigenvalue weighted by atomic mass is 9.82. The fourth-order valence-corrected chi connectivity index (χ4v) is 4.25. The number of non-ortho nitro benzene ring substituents is 1. The van der Waals surface area contributed by atoms with Crippen LogP contribution < -0.4 is 9.59 Å². The number of nitro benzene ring substituents is 1. The number of aryl methyl sites for hydroxylation is 1. The molecule has 3 unspecified atom stereocenters. The lowest BCUT2D eigenvalue weighted by Crippen LogP contribution is -2.66. The van der Waals surface area contributed by atoms with Crippen LogP contribution in [-0.4, -0.2) is 37.2 Å². The molecule has 1 aliphatic rings. The summed E-state index contributed by atoms with van der Waals surface area (Å²) in [5.74, 6) is -1.34. The summed E-state index contributed by atoms with van der Waals surface area (Å²) in [7, 11) is 1.28. The maximum absolute atomic E-state index is 12.4. The van der Waals surface area contributed by atoms with Gasteiger partial charge in [-0.2, -0.15) is 0 Å². The average Bonchev–Trinajstić information content (AvgIpc) is 2.78. The normalized spacial score (nSPS) is 23.5. The number of likely N-dealkylation sites (tertiary alicyclic amines) is 1. The number of piperidine rings is 1. The summed E-state index contributed by atoms with van der Waals surface area (Å²) >= 11 is 0. The Balaban J connectivity index is 2.05. The van der Waals surface area contributed by atoms with E-state index in [0.29, 0.717) is 12.1 Å². The zero-order valence-electron chi connectivity index (χ0n) is 16.9. The number of quaternary nitrogens is 1. The minimum atomic E-state index is -1.35. The van der Waals surface area contributed by atoms with Crippen molar-refractivity contribution in [1.29, 1.82) is 0 Å². The summed E-state index contributed by atoms with van der Waals surface area (Å²) in [6, 6.07) is 13.3. The van der Waals surface area contributed by atoms with Crippen LogP contribution in [0.2, 0.25) is 0 Å². The first-order chi connectivity index (χ1) is 14.3. The van der Waals surface area contributed by atoms with Crippen molar-refractivity contribution < 1.29 is 24.4 Å². The van der Waals surface area contributed by atoms with Crippen LogP contribution in [0.25, 0.3) is 0 Å². The molecule has 3 rings (SSSR count). The molecule has 0 radical (unpaired) electrons. The van der Waals surface area contributed by atoms with Gasteiger partial charge in [-0.15, -0.1) is 0 Å². The van der Waals surface area contributed by atoms with Gasteiger partial charge >= 0.3 is 5.97 Å². The van der Waals surface area contributed by atoms with E-state index in [-0.39, 0.29) is 24.7 Å². The SMILES string of the molecule is CCc1ccc(C2CC(C(=O)OC)C[N+](C(=O)[O-])(c3ccc([N+](=O)[O-])cc3)C2)cc1. The Labute approximate surface area is 174 Å². The highest BCUT2D eigenvalue weighted by Crippen LogP contribution is 2.39. The second kappa shape index (κ2) is 8.62. The van der Waals surface area contributed by atoms with Gasteiger partial charge in [-0.3, -0.25) is 14.9 Å². The van der Waals surface area contributed by atoms with E-state index < -0.39 is 27.4 Å². The van der Waals surface area contributed by atoms with Crippen molar-refractivity contribution in [3.05, 3.63) is 69.8 Å². The van der Waals surface area contributed by atoms with Crippen LogP contribution in [0.1, 0.15) is 30.4 Å². The Morgan fingerprint density at radius 1 is 1.10 bits per heavy atom. The molecule has 1 saturated heterocycles. The quantitative estimate of drug-likeness (QED) is 0.323. The smallest absolute Gasteiger partial charge is 0.314 e. The first kappa shape index (κ1) is 21.4. The Morgan fingerprint density at radius 3 is 2.23 bits per heavy atom. The van der Waals surface area contributed by atoms with Gasteiger partial charge in [0.05, 0.1) is 18.6 Å². The van der Waals surface area contributed by atoms with Crippen molar-refractivity contribution in [2.24, 2.45) is 5.92 Å². The van der Waals surface area contributed by atoms with Crippen molar-refractivity contribution in [2.45, 2.75) is 25.7 Å². The van der Waals surface area contributed by atoms with Gasteiger partial charge in [-0.1, -0.05) is 31.2 Å². The lowest BCUT2D eigenvalue weighted by molar-refractivity contribution is -0.384. The summed E-state index contributed by atoms with van der Waals surface area (Å²) in [5.41, 5.74) is 2.30. The minimum absolute atomic E-state index is 0.0314.